The van der Waals surface area contributed by atoms with Crippen LogP contribution in [0.4, 0.5) is 0 Å². The molecule has 4 atom stereocenters. The highest BCUT2D eigenvalue weighted by molar-refractivity contribution is 5.13. The van der Waals surface area contributed by atoms with Crippen LogP contribution in [0.15, 0.2) is 43.0 Å². The number of ether oxygens (including phenoxy) is 2. The predicted octanol–water partition coefficient (Wildman–Crippen LogP) is -0.0902. The van der Waals surface area contributed by atoms with Crippen molar-refractivity contribution in [3.63, 3.8) is 0 Å². The molecule has 140 valence electrons. The average Bonchev–Trinajstić information content (AvgIpc) is 3.39. The number of nitrogens with one attached hydrogen (secondary N) is 3. The second-order valence-electron chi connectivity index (χ2n) is 5.92. The normalized spacial score (nSPS) is 21.7. The van der Waals surface area contributed by atoms with Gasteiger partial charge in [0.15, 0.2) is 0 Å². The summed E-state index contributed by atoms with van der Waals surface area (Å²) in [5, 5.41) is 28.6. The zero-order valence-corrected chi connectivity index (χ0v) is 14.4. The SMILES string of the molecule is C=CCC1OC1C(O)NCCNCCNC(O)OCc1ccccc1. The fourth-order valence-corrected chi connectivity index (χ4v) is 2.43. The monoisotopic (exact) mass is 351 g/mol. The molecule has 0 bridgehead atoms. The highest BCUT2D eigenvalue weighted by Crippen LogP contribution is 2.27. The second kappa shape index (κ2) is 11.3. The van der Waals surface area contributed by atoms with E-state index in [4.69, 9.17) is 9.47 Å². The van der Waals surface area contributed by atoms with Crippen molar-refractivity contribution >= 4 is 0 Å². The Bertz CT molecular complexity index is 488. The van der Waals surface area contributed by atoms with Crippen LogP contribution in [0.25, 0.3) is 0 Å². The smallest absolute Gasteiger partial charge is 0.213 e. The van der Waals surface area contributed by atoms with E-state index in [1.54, 1.807) is 6.08 Å². The molecule has 0 spiro atoms. The third-order valence-corrected chi connectivity index (χ3v) is 3.86. The molecular weight excluding hydrogens is 322 g/mol. The highest BCUT2D eigenvalue weighted by atomic mass is 16.6. The molecule has 5 N–H and O–H groups in total. The minimum atomic E-state index is -0.990. The lowest BCUT2D eigenvalue weighted by molar-refractivity contribution is -0.128. The van der Waals surface area contributed by atoms with Crippen molar-refractivity contribution < 1.29 is 19.7 Å². The van der Waals surface area contributed by atoms with Crippen molar-refractivity contribution in [2.45, 2.75) is 37.9 Å². The third kappa shape index (κ3) is 8.06. The number of hydrogen-bond acceptors (Lipinski definition) is 7. The molecule has 0 saturated carbocycles. The zero-order chi connectivity index (χ0) is 17.9. The van der Waals surface area contributed by atoms with Crippen molar-refractivity contribution in [1.82, 2.24) is 16.0 Å². The Labute approximate surface area is 149 Å². The molecule has 25 heavy (non-hydrogen) atoms. The topological polar surface area (TPSA) is 98.3 Å². The fourth-order valence-electron chi connectivity index (χ4n) is 2.43. The predicted molar refractivity (Wildman–Crippen MR) is 95.6 cm³/mol. The molecule has 1 aliphatic heterocycles. The molecule has 1 heterocycles. The van der Waals surface area contributed by atoms with Gasteiger partial charge < -0.3 is 25.0 Å². The lowest BCUT2D eigenvalue weighted by atomic mass is 10.2. The number of epoxide rings is 1. The van der Waals surface area contributed by atoms with Crippen LogP contribution in [0.2, 0.25) is 0 Å². The minimum absolute atomic E-state index is 0.0922. The van der Waals surface area contributed by atoms with Gasteiger partial charge in [0, 0.05) is 26.2 Å². The number of hydrogen-bond donors (Lipinski definition) is 5. The molecule has 1 aromatic carbocycles. The standard InChI is InChI=1S/C18H29N3O4/c1-2-6-15-16(25-15)17(22)20-11-9-19-10-12-21-18(23)24-13-14-7-4-3-5-8-14/h2-5,7-8,15-23H,1,6,9-13H2. The van der Waals surface area contributed by atoms with E-state index in [0.29, 0.717) is 32.8 Å². The van der Waals surface area contributed by atoms with E-state index in [1.807, 2.05) is 30.3 Å². The van der Waals surface area contributed by atoms with E-state index in [1.165, 1.54) is 0 Å². The maximum absolute atomic E-state index is 9.85. The number of rotatable bonds is 14. The first-order chi connectivity index (χ1) is 12.2. The lowest BCUT2D eigenvalue weighted by Gasteiger charge is -2.14. The molecular formula is C18H29N3O4. The van der Waals surface area contributed by atoms with E-state index in [-0.39, 0.29) is 12.2 Å². The summed E-state index contributed by atoms with van der Waals surface area (Å²) in [6, 6.07) is 9.70. The molecule has 0 aliphatic carbocycles. The summed E-state index contributed by atoms with van der Waals surface area (Å²) in [5.74, 6) is 0. The van der Waals surface area contributed by atoms with Crippen LogP contribution in [-0.4, -0.2) is 61.2 Å². The van der Waals surface area contributed by atoms with Gasteiger partial charge in [-0.3, -0.25) is 10.6 Å². The van der Waals surface area contributed by atoms with Crippen LogP contribution >= 0.6 is 0 Å². The van der Waals surface area contributed by atoms with Crippen LogP contribution in [-0.2, 0) is 16.1 Å². The van der Waals surface area contributed by atoms with Crippen molar-refractivity contribution in [2.75, 3.05) is 26.2 Å². The molecule has 1 aliphatic rings. The van der Waals surface area contributed by atoms with Gasteiger partial charge in [0.25, 0.3) is 0 Å². The number of benzene rings is 1. The van der Waals surface area contributed by atoms with E-state index in [9.17, 15) is 10.2 Å². The summed E-state index contributed by atoms with van der Waals surface area (Å²) in [4.78, 5) is 0. The molecule has 1 fully saturated rings. The summed E-state index contributed by atoms with van der Waals surface area (Å²) in [6.07, 6.45) is 0.895. The number of aliphatic hydroxyl groups excluding tert-OH is 2. The molecule has 0 aromatic heterocycles. The Hall–Kier alpha value is -1.32. The molecule has 2 rings (SSSR count). The maximum Gasteiger partial charge on any atom is 0.213 e. The summed E-state index contributed by atoms with van der Waals surface area (Å²) < 4.78 is 10.6. The van der Waals surface area contributed by atoms with E-state index in [0.717, 1.165) is 12.0 Å². The van der Waals surface area contributed by atoms with E-state index < -0.39 is 12.6 Å². The van der Waals surface area contributed by atoms with Crippen LogP contribution < -0.4 is 16.0 Å². The van der Waals surface area contributed by atoms with Crippen LogP contribution in [0, 0.1) is 0 Å². The summed E-state index contributed by atoms with van der Waals surface area (Å²) in [7, 11) is 0. The van der Waals surface area contributed by atoms with Gasteiger partial charge in [0.05, 0.1) is 12.7 Å². The molecule has 7 nitrogen and oxygen atoms in total. The van der Waals surface area contributed by atoms with E-state index in [2.05, 4.69) is 22.5 Å². The quantitative estimate of drug-likeness (QED) is 0.138. The largest absolute Gasteiger partial charge is 0.376 e. The second-order valence-corrected chi connectivity index (χ2v) is 5.92. The molecule has 0 radical (unpaired) electrons. The van der Waals surface area contributed by atoms with Crippen molar-refractivity contribution in [2.24, 2.45) is 0 Å². The summed E-state index contributed by atoms with van der Waals surface area (Å²) in [5.41, 5.74) is 1.01. The van der Waals surface area contributed by atoms with Crippen LogP contribution in [0.3, 0.4) is 0 Å². The lowest BCUT2D eigenvalue weighted by Crippen LogP contribution is -2.41. The van der Waals surface area contributed by atoms with Crippen LogP contribution in [0.1, 0.15) is 12.0 Å². The number of aliphatic hydroxyl groups is 2. The Kier molecular flexibility index (Phi) is 9.06. The van der Waals surface area contributed by atoms with Gasteiger partial charge in [-0.1, -0.05) is 36.4 Å². The van der Waals surface area contributed by atoms with Crippen LogP contribution in [0.5, 0.6) is 0 Å². The molecule has 4 unspecified atom stereocenters. The maximum atomic E-state index is 9.85. The third-order valence-electron chi connectivity index (χ3n) is 3.86. The Balaban J connectivity index is 1.40. The summed E-state index contributed by atoms with van der Waals surface area (Å²) in [6.45, 7) is 6.61. The van der Waals surface area contributed by atoms with Gasteiger partial charge in [-0.15, -0.1) is 6.58 Å². The molecule has 1 saturated heterocycles. The van der Waals surface area contributed by atoms with E-state index >= 15 is 0 Å². The van der Waals surface area contributed by atoms with Gasteiger partial charge in [0.1, 0.15) is 12.3 Å². The van der Waals surface area contributed by atoms with Crippen molar-refractivity contribution in [1.29, 1.82) is 0 Å². The average molecular weight is 351 g/mol. The highest BCUT2D eigenvalue weighted by Gasteiger charge is 2.42. The molecule has 1 aromatic rings. The minimum Gasteiger partial charge on any atom is -0.376 e. The van der Waals surface area contributed by atoms with Gasteiger partial charge in [-0.2, -0.15) is 0 Å². The molecule has 0 amide bonds. The van der Waals surface area contributed by atoms with Gasteiger partial charge in [-0.05, 0) is 12.0 Å². The fraction of sp³-hybridized carbons (Fsp3) is 0.556. The first-order valence-corrected chi connectivity index (χ1v) is 8.66. The van der Waals surface area contributed by atoms with Gasteiger partial charge in [0.2, 0.25) is 6.41 Å². The van der Waals surface area contributed by atoms with Gasteiger partial charge in [-0.25, -0.2) is 0 Å². The summed E-state index contributed by atoms with van der Waals surface area (Å²) >= 11 is 0. The van der Waals surface area contributed by atoms with Crippen molar-refractivity contribution in [3.8, 4) is 0 Å². The molecule has 7 heteroatoms. The Morgan fingerprint density at radius 2 is 1.84 bits per heavy atom. The first-order valence-electron chi connectivity index (χ1n) is 8.66. The Morgan fingerprint density at radius 1 is 1.12 bits per heavy atom. The first kappa shape index (κ1) is 20.0. The van der Waals surface area contributed by atoms with Crippen molar-refractivity contribution in [3.05, 3.63) is 48.6 Å². The van der Waals surface area contributed by atoms with Gasteiger partial charge >= 0.3 is 0 Å². The zero-order valence-electron chi connectivity index (χ0n) is 14.4. The Morgan fingerprint density at radius 3 is 2.56 bits per heavy atom.